The maximum absolute atomic E-state index is 11.2. The summed E-state index contributed by atoms with van der Waals surface area (Å²) in [5, 5.41) is 62.8. The zero-order valence-corrected chi connectivity index (χ0v) is 10.0. The van der Waals surface area contributed by atoms with Gasteiger partial charge in [0, 0.05) is 0 Å². The topological polar surface area (TPSA) is 188 Å². The quantitative estimate of drug-likeness (QED) is 0.161. The van der Waals surface area contributed by atoms with Crippen LogP contribution in [0.5, 0.6) is 0 Å². The molecule has 0 radical (unpaired) electrons. The highest BCUT2D eigenvalue weighted by atomic mass is 31.2. The molecular weight excluding hydrogens is 275 g/mol. The first-order chi connectivity index (χ1) is 8.18. The predicted octanol–water partition coefficient (Wildman–Crippen LogP) is -4.11. The van der Waals surface area contributed by atoms with Gasteiger partial charge in [-0.15, -0.1) is 0 Å². The highest BCUT2D eigenvalue weighted by Gasteiger charge is 2.43. The number of rotatable bonds is 8. The zero-order chi connectivity index (χ0) is 14.5. The second kappa shape index (κ2) is 7.46. The minimum atomic E-state index is -4.83. The Balaban J connectivity index is 4.73. The summed E-state index contributed by atoms with van der Waals surface area (Å²) in [6.45, 7) is -2.15. The third kappa shape index (κ3) is 4.52. The van der Waals surface area contributed by atoms with Gasteiger partial charge in [-0.3, -0.25) is 9.09 Å². The van der Waals surface area contributed by atoms with Crippen LogP contribution >= 0.6 is 7.60 Å². The molecule has 0 fully saturated rings. The summed E-state index contributed by atoms with van der Waals surface area (Å²) in [7, 11) is -4.83. The fraction of sp³-hybridized carbons (Fsp3) is 1.00. The fourth-order valence-electron chi connectivity index (χ4n) is 1.07. The van der Waals surface area contributed by atoms with E-state index in [-0.39, 0.29) is 0 Å². The summed E-state index contributed by atoms with van der Waals surface area (Å²) < 4.78 is 15.1. The van der Waals surface area contributed by atoms with Crippen LogP contribution in [-0.4, -0.2) is 84.3 Å². The van der Waals surface area contributed by atoms with Gasteiger partial charge in [0.05, 0.1) is 6.61 Å². The van der Waals surface area contributed by atoms with Crippen LogP contribution in [0.2, 0.25) is 0 Å². The van der Waals surface area contributed by atoms with Gasteiger partial charge >= 0.3 is 7.60 Å². The molecule has 10 nitrogen and oxygen atoms in total. The Morgan fingerprint density at radius 2 is 1.44 bits per heavy atom. The van der Waals surface area contributed by atoms with Gasteiger partial charge in [-0.1, -0.05) is 0 Å². The first-order valence-electron chi connectivity index (χ1n) is 4.78. The summed E-state index contributed by atoms with van der Waals surface area (Å²) in [6.07, 6.45) is -8.44. The second-order valence-corrected chi connectivity index (χ2v) is 5.37. The monoisotopic (exact) mass is 292 g/mol. The molecule has 0 aromatic heterocycles. The van der Waals surface area contributed by atoms with E-state index in [0.717, 1.165) is 0 Å². The van der Waals surface area contributed by atoms with Crippen molar-refractivity contribution in [3.05, 3.63) is 0 Å². The van der Waals surface area contributed by atoms with Gasteiger partial charge < -0.3 is 40.6 Å². The smallest absolute Gasteiger partial charge is 0.361 e. The highest BCUT2D eigenvalue weighted by Crippen LogP contribution is 2.47. The van der Waals surface area contributed by atoms with Gasteiger partial charge in [-0.05, 0) is 0 Å². The van der Waals surface area contributed by atoms with Gasteiger partial charge in [-0.2, -0.15) is 0 Å². The summed E-state index contributed by atoms with van der Waals surface area (Å²) in [6, 6.07) is 0. The van der Waals surface area contributed by atoms with E-state index in [9.17, 15) is 25.0 Å². The lowest BCUT2D eigenvalue weighted by Gasteiger charge is -2.29. The summed E-state index contributed by atoms with van der Waals surface area (Å²) >= 11 is 0. The Bertz CT molecular complexity index is 285. The number of aliphatic hydroxyl groups is 7. The van der Waals surface area contributed by atoms with Crippen molar-refractivity contribution in [1.82, 2.24) is 0 Å². The molecule has 0 amide bonds. The molecule has 8 N–H and O–H groups in total. The van der Waals surface area contributed by atoms with E-state index in [1.54, 1.807) is 0 Å². The van der Waals surface area contributed by atoms with Crippen LogP contribution in [0.3, 0.4) is 0 Å². The van der Waals surface area contributed by atoms with E-state index in [0.29, 0.717) is 0 Å². The summed E-state index contributed by atoms with van der Waals surface area (Å²) in [5.74, 6) is -2.51. The van der Waals surface area contributed by atoms with Crippen LogP contribution in [0, 0.1) is 0 Å². The minimum Gasteiger partial charge on any atom is -0.394 e. The number of hydrogen-bond donors (Lipinski definition) is 8. The van der Waals surface area contributed by atoms with Crippen LogP contribution in [0.15, 0.2) is 0 Å². The average Bonchev–Trinajstić information content (AvgIpc) is 2.33. The molecule has 0 spiro atoms. The maximum atomic E-state index is 11.2. The molecule has 110 valence electrons. The van der Waals surface area contributed by atoms with E-state index in [4.69, 9.17) is 20.2 Å². The molecule has 2 unspecified atom stereocenters. The largest absolute Gasteiger partial charge is 0.394 e. The Hall–Kier alpha value is -0.130. The van der Waals surface area contributed by atoms with Gasteiger partial charge in [0.2, 0.25) is 0 Å². The zero-order valence-electron chi connectivity index (χ0n) is 9.14. The van der Waals surface area contributed by atoms with Crippen LogP contribution in [0.4, 0.5) is 0 Å². The van der Waals surface area contributed by atoms with Crippen molar-refractivity contribution in [2.45, 2.75) is 30.3 Å². The molecule has 0 aromatic carbocycles. The normalized spacial score (nSPS) is 23.8. The van der Waals surface area contributed by atoms with Gasteiger partial charge in [-0.25, -0.2) is 0 Å². The average molecular weight is 292 g/mol. The Labute approximate surface area is 102 Å². The van der Waals surface area contributed by atoms with Crippen molar-refractivity contribution < 1.29 is 49.7 Å². The molecule has 0 aliphatic rings. The van der Waals surface area contributed by atoms with E-state index in [1.807, 2.05) is 0 Å². The van der Waals surface area contributed by atoms with Gasteiger partial charge in [0.1, 0.15) is 24.4 Å². The van der Waals surface area contributed by atoms with Gasteiger partial charge in [0.15, 0.2) is 12.6 Å². The van der Waals surface area contributed by atoms with E-state index in [2.05, 4.69) is 4.52 Å². The lowest BCUT2D eigenvalue weighted by atomic mass is 10.0. The molecule has 0 heterocycles. The van der Waals surface area contributed by atoms with Gasteiger partial charge in [0.25, 0.3) is 0 Å². The van der Waals surface area contributed by atoms with Crippen molar-refractivity contribution in [3.8, 4) is 0 Å². The molecular formula is C7H17O10P. The molecule has 6 atom stereocenters. The standard InChI is InChI=1S/C7H17O10P/c8-1-3(10)4(11)5(12)6(13)7(14)18(15,16)17-2-9/h3-14H,1-2H2,(H,15,16)/t3-,4-,5+,6+,7?/m1/s1. The van der Waals surface area contributed by atoms with Crippen molar-refractivity contribution in [2.75, 3.05) is 13.4 Å². The van der Waals surface area contributed by atoms with Crippen molar-refractivity contribution in [3.63, 3.8) is 0 Å². The first-order valence-corrected chi connectivity index (χ1v) is 6.42. The third-order valence-electron chi connectivity index (χ3n) is 2.16. The minimum absolute atomic E-state index is 0.940. The lowest BCUT2D eigenvalue weighted by Crippen LogP contribution is -2.50. The molecule has 0 bridgehead atoms. The Morgan fingerprint density at radius 1 is 0.944 bits per heavy atom. The molecule has 0 saturated carbocycles. The van der Waals surface area contributed by atoms with E-state index in [1.165, 1.54) is 0 Å². The van der Waals surface area contributed by atoms with Crippen molar-refractivity contribution in [1.29, 1.82) is 0 Å². The number of aliphatic hydroxyl groups excluding tert-OH is 7. The predicted molar refractivity (Wildman–Crippen MR) is 55.1 cm³/mol. The molecule has 0 aliphatic heterocycles. The molecule has 0 aliphatic carbocycles. The molecule has 0 saturated heterocycles. The second-order valence-electron chi connectivity index (χ2n) is 3.46. The van der Waals surface area contributed by atoms with E-state index >= 15 is 0 Å². The van der Waals surface area contributed by atoms with Crippen molar-refractivity contribution >= 4 is 7.60 Å². The van der Waals surface area contributed by atoms with Crippen LogP contribution in [-0.2, 0) is 9.09 Å². The Kier molecular flexibility index (Phi) is 7.40. The molecule has 18 heavy (non-hydrogen) atoms. The molecule has 0 aromatic rings. The van der Waals surface area contributed by atoms with Crippen molar-refractivity contribution in [2.24, 2.45) is 0 Å². The van der Waals surface area contributed by atoms with E-state index < -0.39 is 51.3 Å². The van der Waals surface area contributed by atoms with Crippen LogP contribution in [0.1, 0.15) is 0 Å². The molecule has 0 rings (SSSR count). The summed E-state index contributed by atoms with van der Waals surface area (Å²) in [5.41, 5.74) is 0. The maximum Gasteiger partial charge on any atom is 0.361 e. The summed E-state index contributed by atoms with van der Waals surface area (Å²) in [4.78, 5) is 9.04. The SMILES string of the molecule is O=P(O)(OCO)C(O)[C@@H](O)[C@@H](O)[C@H](O)[C@H](O)CO. The molecule has 11 heteroatoms. The fourth-order valence-corrected chi connectivity index (χ4v) is 1.95. The third-order valence-corrected chi connectivity index (χ3v) is 3.62. The lowest BCUT2D eigenvalue weighted by molar-refractivity contribution is -0.132. The Morgan fingerprint density at radius 3 is 1.83 bits per heavy atom. The highest BCUT2D eigenvalue weighted by molar-refractivity contribution is 7.53. The first kappa shape index (κ1) is 17.9. The van der Waals surface area contributed by atoms with Crippen LogP contribution < -0.4 is 0 Å². The number of hydrogen-bond acceptors (Lipinski definition) is 9. The van der Waals surface area contributed by atoms with Crippen LogP contribution in [0.25, 0.3) is 0 Å².